The third-order valence-electron chi connectivity index (χ3n) is 6.47. The van der Waals surface area contributed by atoms with Crippen molar-refractivity contribution in [3.63, 3.8) is 0 Å². The van der Waals surface area contributed by atoms with Crippen LogP contribution in [0.5, 0.6) is 5.75 Å². The van der Waals surface area contributed by atoms with Gasteiger partial charge in [-0.1, -0.05) is 24.3 Å². The first-order chi connectivity index (χ1) is 15.7. The lowest BCUT2D eigenvalue weighted by atomic mass is 9.75. The Morgan fingerprint density at radius 2 is 1.97 bits per heavy atom. The van der Waals surface area contributed by atoms with Gasteiger partial charge >= 0.3 is 0 Å². The fourth-order valence-corrected chi connectivity index (χ4v) is 4.75. The van der Waals surface area contributed by atoms with Crippen LogP contribution in [0.4, 0.5) is 14.5 Å². The Hall–Kier alpha value is -3.04. The SMILES string of the molecule is O=C(NC[C@H](O)CN1CCc2ccccc2C1)c1ccc2c(c1)NC(=O)C1(CC(F)(F)C1)O2. The fourth-order valence-electron chi connectivity index (χ4n) is 4.75. The number of nitrogens with zero attached hydrogens (tertiary/aromatic N) is 1. The standard InChI is InChI=1S/C24H25F2N3O4/c25-24(26)13-23(14-24)22(32)28-19-9-16(5-6-20(19)33-23)21(31)27-10-18(30)12-29-8-7-15-3-1-2-4-17(15)11-29/h1-6,9,18,30H,7-8,10-14H2,(H,27,31)(H,28,32)/t18-/m0/s1. The van der Waals surface area contributed by atoms with Crippen molar-refractivity contribution in [3.8, 4) is 5.75 Å². The minimum absolute atomic E-state index is 0.0785. The first-order valence-electron chi connectivity index (χ1n) is 11.0. The number of fused-ring (bicyclic) bond motifs is 2. The second kappa shape index (κ2) is 8.07. The Morgan fingerprint density at radius 1 is 1.21 bits per heavy atom. The van der Waals surface area contributed by atoms with Gasteiger partial charge in [-0.2, -0.15) is 0 Å². The molecule has 0 radical (unpaired) electrons. The molecule has 2 aromatic rings. The molecule has 1 saturated carbocycles. The maximum absolute atomic E-state index is 13.3. The molecule has 2 amide bonds. The van der Waals surface area contributed by atoms with Gasteiger partial charge in [-0.15, -0.1) is 0 Å². The lowest BCUT2D eigenvalue weighted by Crippen LogP contribution is -2.63. The number of halogens is 2. The first-order valence-corrected chi connectivity index (χ1v) is 11.0. The number of alkyl halides is 2. The van der Waals surface area contributed by atoms with Gasteiger partial charge in [0.05, 0.1) is 24.6 Å². The van der Waals surface area contributed by atoms with Crippen molar-refractivity contribution in [3.05, 3.63) is 59.2 Å². The van der Waals surface area contributed by atoms with E-state index in [1.807, 2.05) is 12.1 Å². The van der Waals surface area contributed by atoms with E-state index in [9.17, 15) is 23.5 Å². The molecule has 33 heavy (non-hydrogen) atoms. The number of nitrogens with one attached hydrogen (secondary N) is 2. The number of aliphatic hydroxyl groups excluding tert-OH is 1. The van der Waals surface area contributed by atoms with E-state index >= 15 is 0 Å². The highest BCUT2D eigenvalue weighted by atomic mass is 19.3. The topological polar surface area (TPSA) is 90.9 Å². The summed E-state index contributed by atoms with van der Waals surface area (Å²) in [5, 5.41) is 15.7. The number of anilines is 1. The van der Waals surface area contributed by atoms with Gasteiger partial charge in [0, 0.05) is 31.7 Å². The molecule has 2 aromatic carbocycles. The quantitative estimate of drug-likeness (QED) is 0.641. The molecule has 2 heterocycles. The number of carbonyl (C=O) groups excluding carboxylic acids is 2. The van der Waals surface area contributed by atoms with Crippen LogP contribution in [0.3, 0.4) is 0 Å². The van der Waals surface area contributed by atoms with E-state index in [0.29, 0.717) is 6.54 Å². The number of amides is 2. The highest BCUT2D eigenvalue weighted by Crippen LogP contribution is 2.51. The monoisotopic (exact) mass is 457 g/mol. The largest absolute Gasteiger partial charge is 0.475 e. The number of β-amino-alcohol motifs (C(OH)–C–C–N with tert-alkyl or cyclic N) is 1. The summed E-state index contributed by atoms with van der Waals surface area (Å²) >= 11 is 0. The van der Waals surface area contributed by atoms with E-state index in [2.05, 4.69) is 27.7 Å². The zero-order valence-corrected chi connectivity index (χ0v) is 17.9. The van der Waals surface area contributed by atoms with Gasteiger partial charge in [0.25, 0.3) is 17.7 Å². The van der Waals surface area contributed by atoms with Crippen LogP contribution in [-0.2, 0) is 17.8 Å². The Morgan fingerprint density at radius 3 is 2.73 bits per heavy atom. The summed E-state index contributed by atoms with van der Waals surface area (Å²) in [7, 11) is 0. The van der Waals surface area contributed by atoms with Gasteiger partial charge in [0.1, 0.15) is 5.75 Å². The molecule has 7 nitrogen and oxygen atoms in total. The molecule has 1 atom stereocenters. The summed E-state index contributed by atoms with van der Waals surface area (Å²) in [6.07, 6.45) is -1.13. The number of hydrogen-bond acceptors (Lipinski definition) is 5. The fraction of sp³-hybridized carbons (Fsp3) is 0.417. The van der Waals surface area contributed by atoms with Crippen molar-refractivity contribution < 1.29 is 28.2 Å². The molecule has 0 unspecified atom stereocenters. The van der Waals surface area contributed by atoms with Crippen molar-refractivity contribution in [1.29, 1.82) is 0 Å². The van der Waals surface area contributed by atoms with Crippen molar-refractivity contribution in [2.75, 3.05) is 25.0 Å². The lowest BCUT2D eigenvalue weighted by molar-refractivity contribution is -0.196. The highest BCUT2D eigenvalue weighted by Gasteiger charge is 2.64. The Bertz CT molecular complexity index is 1100. The van der Waals surface area contributed by atoms with E-state index in [-0.39, 0.29) is 23.5 Å². The molecule has 0 aromatic heterocycles. The minimum atomic E-state index is -2.91. The summed E-state index contributed by atoms with van der Waals surface area (Å²) in [4.78, 5) is 27.0. The summed E-state index contributed by atoms with van der Waals surface area (Å²) in [5.74, 6) is -3.69. The molecule has 9 heteroatoms. The zero-order chi connectivity index (χ0) is 23.2. The molecule has 0 saturated heterocycles. The highest BCUT2D eigenvalue weighted by molar-refractivity contribution is 6.03. The lowest BCUT2D eigenvalue weighted by Gasteiger charge is -2.47. The predicted octanol–water partition coefficient (Wildman–Crippen LogP) is 2.33. The van der Waals surface area contributed by atoms with Crippen LogP contribution in [0.1, 0.15) is 34.3 Å². The number of hydrogen-bond donors (Lipinski definition) is 3. The smallest absolute Gasteiger partial charge is 0.269 e. The Balaban J connectivity index is 1.15. The second-order valence-corrected chi connectivity index (χ2v) is 9.09. The van der Waals surface area contributed by atoms with Crippen LogP contribution in [0.25, 0.3) is 0 Å². The first kappa shape index (κ1) is 21.8. The van der Waals surface area contributed by atoms with Crippen LogP contribution >= 0.6 is 0 Å². The molecule has 174 valence electrons. The molecule has 3 N–H and O–H groups in total. The Labute approximate surface area is 189 Å². The van der Waals surface area contributed by atoms with Crippen molar-refractivity contribution >= 4 is 17.5 Å². The summed E-state index contributed by atoms with van der Waals surface area (Å²) in [6, 6.07) is 12.7. The summed E-state index contributed by atoms with van der Waals surface area (Å²) in [5.41, 5.74) is 1.58. The molecule has 1 fully saturated rings. The molecule has 0 bridgehead atoms. The maximum atomic E-state index is 13.3. The van der Waals surface area contributed by atoms with E-state index < -0.39 is 42.3 Å². The Kier molecular flexibility index (Phi) is 5.33. The molecule has 1 spiro atoms. The van der Waals surface area contributed by atoms with Crippen LogP contribution in [0, 0.1) is 0 Å². The summed E-state index contributed by atoms with van der Waals surface area (Å²) < 4.78 is 32.2. The van der Waals surface area contributed by atoms with Gasteiger partial charge in [-0.05, 0) is 35.7 Å². The van der Waals surface area contributed by atoms with Gasteiger partial charge in [0.2, 0.25) is 0 Å². The molecule has 1 aliphatic carbocycles. The van der Waals surface area contributed by atoms with Crippen molar-refractivity contribution in [2.45, 2.75) is 43.4 Å². The number of rotatable bonds is 5. The van der Waals surface area contributed by atoms with Crippen LogP contribution in [0.15, 0.2) is 42.5 Å². The van der Waals surface area contributed by atoms with E-state index in [0.717, 1.165) is 19.5 Å². The zero-order valence-electron chi connectivity index (χ0n) is 17.9. The number of carbonyl (C=O) groups is 2. The average Bonchev–Trinajstić information content (AvgIpc) is 2.76. The van der Waals surface area contributed by atoms with E-state index in [4.69, 9.17) is 4.74 Å². The molecular formula is C24H25F2N3O4. The number of benzene rings is 2. The molecular weight excluding hydrogens is 432 g/mol. The van der Waals surface area contributed by atoms with Gasteiger partial charge < -0.3 is 20.5 Å². The van der Waals surface area contributed by atoms with E-state index in [1.54, 1.807) is 0 Å². The third kappa shape index (κ3) is 4.30. The second-order valence-electron chi connectivity index (χ2n) is 9.09. The number of ether oxygens (including phenoxy) is 1. The van der Waals surface area contributed by atoms with Crippen molar-refractivity contribution in [2.24, 2.45) is 0 Å². The number of aliphatic hydroxyl groups is 1. The predicted molar refractivity (Wildman–Crippen MR) is 116 cm³/mol. The van der Waals surface area contributed by atoms with Crippen LogP contribution in [0.2, 0.25) is 0 Å². The van der Waals surface area contributed by atoms with Crippen LogP contribution in [-0.4, -0.2) is 59.1 Å². The minimum Gasteiger partial charge on any atom is -0.475 e. The molecule has 5 rings (SSSR count). The van der Waals surface area contributed by atoms with Crippen molar-refractivity contribution in [1.82, 2.24) is 10.2 Å². The third-order valence-corrected chi connectivity index (χ3v) is 6.47. The average molecular weight is 457 g/mol. The van der Waals surface area contributed by atoms with Crippen LogP contribution < -0.4 is 15.4 Å². The molecule has 2 aliphatic heterocycles. The van der Waals surface area contributed by atoms with E-state index in [1.165, 1.54) is 29.3 Å². The normalized spacial score (nSPS) is 21.1. The van der Waals surface area contributed by atoms with Gasteiger partial charge in [-0.3, -0.25) is 14.5 Å². The maximum Gasteiger partial charge on any atom is 0.269 e. The summed E-state index contributed by atoms with van der Waals surface area (Å²) in [6.45, 7) is 2.13. The van der Waals surface area contributed by atoms with Gasteiger partial charge in [-0.25, -0.2) is 8.78 Å². The molecule has 3 aliphatic rings. The van der Waals surface area contributed by atoms with Gasteiger partial charge in [0.15, 0.2) is 5.60 Å².